The summed E-state index contributed by atoms with van der Waals surface area (Å²) in [5.74, 6) is 1.75. The zero-order valence-electron chi connectivity index (χ0n) is 10.7. The van der Waals surface area contributed by atoms with Gasteiger partial charge in [0.05, 0.1) is 0 Å². The fraction of sp³-hybridized carbons (Fsp3) is 0.571. The second kappa shape index (κ2) is 5.80. The third-order valence-electron chi connectivity index (χ3n) is 3.22. The highest BCUT2D eigenvalue weighted by molar-refractivity contribution is 5.71. The summed E-state index contributed by atoms with van der Waals surface area (Å²) in [5.41, 5.74) is 2.41. The van der Waals surface area contributed by atoms with Crippen molar-refractivity contribution in [2.45, 2.75) is 39.5 Å². The Hall–Kier alpha value is -1.38. The van der Waals surface area contributed by atoms with Crippen molar-refractivity contribution < 1.29 is 0 Å². The number of hydrogen-bond acceptors (Lipinski definition) is 3. The first-order valence-electron chi connectivity index (χ1n) is 6.55. The third-order valence-corrected chi connectivity index (χ3v) is 3.22. The molecule has 0 bridgehead atoms. The Morgan fingerprint density at radius 3 is 2.88 bits per heavy atom. The molecule has 0 saturated heterocycles. The Bertz CT molecular complexity index is 398. The Morgan fingerprint density at radius 1 is 1.35 bits per heavy atom. The molecule has 1 aromatic heterocycles. The minimum Gasteiger partial charge on any atom is -0.368 e. The number of aromatic nitrogens is 2. The molecule has 17 heavy (non-hydrogen) atoms. The summed E-state index contributed by atoms with van der Waals surface area (Å²) >= 11 is 0. The van der Waals surface area contributed by atoms with Crippen LogP contribution in [0.5, 0.6) is 0 Å². The van der Waals surface area contributed by atoms with E-state index in [2.05, 4.69) is 35.2 Å². The van der Waals surface area contributed by atoms with Gasteiger partial charge in [-0.15, -0.1) is 0 Å². The Labute approximate surface area is 103 Å². The minimum atomic E-state index is 0.808. The first-order chi connectivity index (χ1) is 8.31. The smallest absolute Gasteiger partial charge is 0.152 e. The highest BCUT2D eigenvalue weighted by atomic mass is 15.0. The predicted molar refractivity (Wildman–Crippen MR) is 71.8 cm³/mol. The first-order valence-corrected chi connectivity index (χ1v) is 6.55. The summed E-state index contributed by atoms with van der Waals surface area (Å²) < 4.78 is 0. The lowest BCUT2D eigenvalue weighted by Gasteiger charge is -2.19. The zero-order valence-corrected chi connectivity index (χ0v) is 10.7. The lowest BCUT2D eigenvalue weighted by Crippen LogP contribution is -2.08. The van der Waals surface area contributed by atoms with Gasteiger partial charge in [0.1, 0.15) is 5.69 Å². The molecule has 0 amide bonds. The standard InChI is InChI=1S/C14H21N3/c1-3-8-16-14-13(15-9-10-17-14)12-6-4-11(2)5-7-12/h6,9-11H,3-5,7-8H2,1-2H3,(H,16,17). The van der Waals surface area contributed by atoms with E-state index in [-0.39, 0.29) is 0 Å². The minimum absolute atomic E-state index is 0.808. The second-order valence-corrected chi connectivity index (χ2v) is 4.79. The predicted octanol–water partition coefficient (Wildman–Crippen LogP) is 3.50. The molecule has 1 atom stereocenters. The number of allylic oxidation sites excluding steroid dienone is 2. The molecule has 1 aliphatic carbocycles. The molecule has 1 aromatic rings. The summed E-state index contributed by atoms with van der Waals surface area (Å²) in [7, 11) is 0. The number of nitrogens with zero attached hydrogens (tertiary/aromatic N) is 2. The lowest BCUT2D eigenvalue weighted by atomic mass is 9.89. The van der Waals surface area contributed by atoms with Crippen molar-refractivity contribution in [3.05, 3.63) is 24.2 Å². The summed E-state index contributed by atoms with van der Waals surface area (Å²) in [6, 6.07) is 0. The van der Waals surface area contributed by atoms with Gasteiger partial charge < -0.3 is 5.32 Å². The van der Waals surface area contributed by atoms with Crippen LogP contribution in [0.2, 0.25) is 0 Å². The van der Waals surface area contributed by atoms with Crippen LogP contribution in [0.1, 0.15) is 45.2 Å². The summed E-state index contributed by atoms with van der Waals surface area (Å²) in [4.78, 5) is 8.88. The largest absolute Gasteiger partial charge is 0.368 e. The van der Waals surface area contributed by atoms with E-state index in [4.69, 9.17) is 0 Å². The number of hydrogen-bond donors (Lipinski definition) is 1. The van der Waals surface area contributed by atoms with Crippen molar-refractivity contribution in [1.29, 1.82) is 0 Å². The van der Waals surface area contributed by atoms with E-state index in [9.17, 15) is 0 Å². The third kappa shape index (κ3) is 3.05. The van der Waals surface area contributed by atoms with E-state index in [1.165, 1.54) is 18.4 Å². The van der Waals surface area contributed by atoms with Crippen LogP contribution < -0.4 is 5.32 Å². The first kappa shape index (κ1) is 12.1. The summed E-state index contributed by atoms with van der Waals surface area (Å²) in [6.45, 7) is 5.42. The number of rotatable bonds is 4. The molecule has 0 spiro atoms. The van der Waals surface area contributed by atoms with Crippen LogP contribution >= 0.6 is 0 Å². The fourth-order valence-electron chi connectivity index (χ4n) is 2.13. The highest BCUT2D eigenvalue weighted by Crippen LogP contribution is 2.31. The van der Waals surface area contributed by atoms with Gasteiger partial charge in [0.2, 0.25) is 0 Å². The average Bonchev–Trinajstić information content (AvgIpc) is 2.38. The fourth-order valence-corrected chi connectivity index (χ4v) is 2.13. The molecule has 0 fully saturated rings. The molecule has 0 saturated carbocycles. The number of anilines is 1. The van der Waals surface area contributed by atoms with Crippen molar-refractivity contribution in [1.82, 2.24) is 9.97 Å². The molecule has 0 aromatic carbocycles. The normalized spacial score (nSPS) is 19.9. The molecule has 92 valence electrons. The molecule has 1 heterocycles. The average molecular weight is 231 g/mol. The van der Waals surface area contributed by atoms with Crippen LogP contribution in [-0.2, 0) is 0 Å². The van der Waals surface area contributed by atoms with Gasteiger partial charge in [0.25, 0.3) is 0 Å². The Balaban J connectivity index is 2.19. The van der Waals surface area contributed by atoms with Crippen LogP contribution in [0.25, 0.3) is 5.57 Å². The maximum Gasteiger partial charge on any atom is 0.152 e. The molecule has 3 nitrogen and oxygen atoms in total. The Morgan fingerprint density at radius 2 is 2.18 bits per heavy atom. The van der Waals surface area contributed by atoms with E-state index in [1.54, 1.807) is 12.4 Å². The van der Waals surface area contributed by atoms with Crippen molar-refractivity contribution >= 4 is 11.4 Å². The van der Waals surface area contributed by atoms with Gasteiger partial charge in [-0.1, -0.05) is 19.9 Å². The van der Waals surface area contributed by atoms with E-state index >= 15 is 0 Å². The molecule has 1 unspecified atom stereocenters. The molecular weight excluding hydrogens is 210 g/mol. The molecule has 1 N–H and O–H groups in total. The zero-order chi connectivity index (χ0) is 12.1. The van der Waals surface area contributed by atoms with Crippen molar-refractivity contribution in [3.8, 4) is 0 Å². The quantitative estimate of drug-likeness (QED) is 0.861. The van der Waals surface area contributed by atoms with Crippen LogP contribution in [0, 0.1) is 5.92 Å². The SMILES string of the molecule is CCCNc1nccnc1C1=CCC(C)CC1. The topological polar surface area (TPSA) is 37.8 Å². The van der Waals surface area contributed by atoms with Crippen LogP contribution in [-0.4, -0.2) is 16.5 Å². The van der Waals surface area contributed by atoms with Gasteiger partial charge in [-0.25, -0.2) is 4.98 Å². The van der Waals surface area contributed by atoms with E-state index < -0.39 is 0 Å². The van der Waals surface area contributed by atoms with Gasteiger partial charge in [0.15, 0.2) is 5.82 Å². The van der Waals surface area contributed by atoms with Gasteiger partial charge in [-0.3, -0.25) is 4.98 Å². The monoisotopic (exact) mass is 231 g/mol. The van der Waals surface area contributed by atoms with E-state index in [1.807, 2.05) is 0 Å². The van der Waals surface area contributed by atoms with Gasteiger partial charge in [0, 0.05) is 18.9 Å². The molecular formula is C14H21N3. The van der Waals surface area contributed by atoms with Crippen molar-refractivity contribution in [2.75, 3.05) is 11.9 Å². The molecule has 3 heteroatoms. The highest BCUT2D eigenvalue weighted by Gasteiger charge is 2.15. The molecule has 1 aliphatic rings. The van der Waals surface area contributed by atoms with Crippen LogP contribution in [0.4, 0.5) is 5.82 Å². The molecule has 0 aliphatic heterocycles. The maximum atomic E-state index is 4.49. The molecule has 2 rings (SSSR count). The van der Waals surface area contributed by atoms with Gasteiger partial charge in [-0.2, -0.15) is 0 Å². The van der Waals surface area contributed by atoms with Crippen molar-refractivity contribution in [2.24, 2.45) is 5.92 Å². The van der Waals surface area contributed by atoms with Crippen LogP contribution in [0.15, 0.2) is 18.5 Å². The summed E-state index contributed by atoms with van der Waals surface area (Å²) in [6.07, 6.45) is 10.5. The lowest BCUT2D eigenvalue weighted by molar-refractivity contribution is 0.533. The summed E-state index contributed by atoms with van der Waals surface area (Å²) in [5, 5.41) is 3.36. The second-order valence-electron chi connectivity index (χ2n) is 4.79. The van der Waals surface area contributed by atoms with Crippen LogP contribution in [0.3, 0.4) is 0 Å². The van der Waals surface area contributed by atoms with E-state index in [0.29, 0.717) is 0 Å². The molecule has 0 radical (unpaired) electrons. The number of nitrogens with one attached hydrogen (secondary N) is 1. The van der Waals surface area contributed by atoms with E-state index in [0.717, 1.165) is 36.8 Å². The van der Waals surface area contributed by atoms with Gasteiger partial charge in [-0.05, 0) is 37.2 Å². The Kier molecular flexibility index (Phi) is 4.13. The van der Waals surface area contributed by atoms with Crippen molar-refractivity contribution in [3.63, 3.8) is 0 Å². The maximum absolute atomic E-state index is 4.49. The van der Waals surface area contributed by atoms with Gasteiger partial charge >= 0.3 is 0 Å².